The van der Waals surface area contributed by atoms with Crippen LogP contribution in [0.1, 0.15) is 0 Å². The highest BCUT2D eigenvalue weighted by atomic mass is 32.2. The van der Waals surface area contributed by atoms with Crippen molar-refractivity contribution in [3.63, 3.8) is 0 Å². The van der Waals surface area contributed by atoms with Gasteiger partial charge in [0.1, 0.15) is 5.82 Å². The molecule has 2 rings (SSSR count). The number of aromatic nitrogens is 1. The van der Waals surface area contributed by atoms with Crippen molar-refractivity contribution in [2.24, 2.45) is 0 Å². The SMILES string of the molecule is CN(C)c1ncccc1N(C)S(=O)(=O)c1ccc(F)cc1. The first-order chi connectivity index (χ1) is 9.84. The predicted molar refractivity (Wildman–Crippen MR) is 80.6 cm³/mol. The summed E-state index contributed by atoms with van der Waals surface area (Å²) in [5, 5.41) is 0. The lowest BCUT2D eigenvalue weighted by atomic mass is 10.3. The Bertz CT molecular complexity index is 730. The van der Waals surface area contributed by atoms with Crippen molar-refractivity contribution in [2.45, 2.75) is 4.90 Å². The van der Waals surface area contributed by atoms with Crippen molar-refractivity contribution in [1.29, 1.82) is 0 Å². The largest absolute Gasteiger partial charge is 0.361 e. The van der Waals surface area contributed by atoms with Crippen LogP contribution < -0.4 is 9.21 Å². The summed E-state index contributed by atoms with van der Waals surface area (Å²) in [6, 6.07) is 8.07. The number of rotatable bonds is 4. The van der Waals surface area contributed by atoms with Gasteiger partial charge in [0.25, 0.3) is 10.0 Å². The van der Waals surface area contributed by atoms with Crippen LogP contribution in [0.3, 0.4) is 0 Å². The van der Waals surface area contributed by atoms with Gasteiger partial charge in [-0.3, -0.25) is 4.31 Å². The third-order valence-corrected chi connectivity index (χ3v) is 4.79. The Kier molecular flexibility index (Phi) is 4.13. The standard InChI is InChI=1S/C14H16FN3O2S/c1-17(2)14-13(5-4-10-16-14)18(3)21(19,20)12-8-6-11(15)7-9-12/h4-10H,1-3H3. The molecule has 1 aromatic carbocycles. The van der Waals surface area contributed by atoms with Crippen LogP contribution in [0.25, 0.3) is 0 Å². The molecule has 0 radical (unpaired) electrons. The van der Waals surface area contributed by atoms with E-state index in [-0.39, 0.29) is 4.90 Å². The van der Waals surface area contributed by atoms with Crippen LogP contribution in [-0.2, 0) is 10.0 Å². The summed E-state index contributed by atoms with van der Waals surface area (Å²) in [7, 11) is 1.25. The van der Waals surface area contributed by atoms with Crippen molar-refractivity contribution in [2.75, 3.05) is 30.3 Å². The highest BCUT2D eigenvalue weighted by Gasteiger charge is 2.24. The molecule has 0 fully saturated rings. The second-order valence-electron chi connectivity index (χ2n) is 4.67. The topological polar surface area (TPSA) is 53.5 Å². The molecule has 0 atom stereocenters. The molecule has 0 aliphatic heterocycles. The van der Waals surface area contributed by atoms with Crippen molar-refractivity contribution in [3.8, 4) is 0 Å². The van der Waals surface area contributed by atoms with E-state index in [1.165, 1.54) is 19.2 Å². The van der Waals surface area contributed by atoms with Gasteiger partial charge in [-0.2, -0.15) is 0 Å². The van der Waals surface area contributed by atoms with Gasteiger partial charge in [0, 0.05) is 27.3 Å². The van der Waals surface area contributed by atoms with Crippen LogP contribution in [0.15, 0.2) is 47.5 Å². The molecule has 0 aliphatic rings. The normalized spacial score (nSPS) is 11.2. The smallest absolute Gasteiger partial charge is 0.264 e. The van der Waals surface area contributed by atoms with Gasteiger partial charge in [-0.1, -0.05) is 0 Å². The summed E-state index contributed by atoms with van der Waals surface area (Å²) in [6.45, 7) is 0. The first-order valence-corrected chi connectivity index (χ1v) is 7.65. The lowest BCUT2D eigenvalue weighted by Crippen LogP contribution is -2.28. The molecular formula is C14H16FN3O2S. The van der Waals surface area contributed by atoms with E-state index in [0.29, 0.717) is 11.5 Å². The van der Waals surface area contributed by atoms with Gasteiger partial charge >= 0.3 is 0 Å². The molecule has 0 unspecified atom stereocenters. The fourth-order valence-corrected chi connectivity index (χ4v) is 3.07. The predicted octanol–water partition coefficient (Wildman–Crippen LogP) is 2.11. The molecular weight excluding hydrogens is 293 g/mol. The molecule has 2 aromatic rings. The Morgan fingerprint density at radius 2 is 1.67 bits per heavy atom. The highest BCUT2D eigenvalue weighted by molar-refractivity contribution is 7.92. The third kappa shape index (κ3) is 2.97. The van der Waals surface area contributed by atoms with Crippen LogP contribution in [0.2, 0.25) is 0 Å². The Morgan fingerprint density at radius 3 is 2.24 bits per heavy atom. The summed E-state index contributed by atoms with van der Waals surface area (Å²) < 4.78 is 39.2. The fraction of sp³-hybridized carbons (Fsp3) is 0.214. The van der Waals surface area contributed by atoms with Gasteiger partial charge < -0.3 is 4.90 Å². The molecule has 0 aliphatic carbocycles. The molecule has 0 amide bonds. The molecule has 21 heavy (non-hydrogen) atoms. The molecule has 0 spiro atoms. The number of hydrogen-bond donors (Lipinski definition) is 0. The van der Waals surface area contributed by atoms with Crippen molar-refractivity contribution < 1.29 is 12.8 Å². The van der Waals surface area contributed by atoms with Crippen molar-refractivity contribution in [1.82, 2.24) is 4.98 Å². The van der Waals surface area contributed by atoms with E-state index >= 15 is 0 Å². The Morgan fingerprint density at radius 1 is 1.05 bits per heavy atom. The zero-order valence-electron chi connectivity index (χ0n) is 12.0. The van der Waals surface area contributed by atoms with Gasteiger partial charge in [0.2, 0.25) is 0 Å². The maximum atomic E-state index is 12.9. The zero-order chi connectivity index (χ0) is 15.6. The Balaban J connectivity index is 2.48. The van der Waals surface area contributed by atoms with Crippen LogP contribution in [-0.4, -0.2) is 34.5 Å². The van der Waals surface area contributed by atoms with Crippen LogP contribution in [0, 0.1) is 5.82 Å². The maximum Gasteiger partial charge on any atom is 0.264 e. The summed E-state index contributed by atoms with van der Waals surface area (Å²) in [6.07, 6.45) is 1.59. The average Bonchev–Trinajstić information content (AvgIpc) is 2.46. The molecule has 112 valence electrons. The van der Waals surface area contributed by atoms with Gasteiger partial charge in [0.05, 0.1) is 10.6 Å². The molecule has 1 aromatic heterocycles. The molecule has 7 heteroatoms. The molecule has 0 N–H and O–H groups in total. The van der Waals surface area contributed by atoms with Crippen LogP contribution in [0.4, 0.5) is 15.9 Å². The second-order valence-corrected chi connectivity index (χ2v) is 6.64. The van der Waals surface area contributed by atoms with E-state index in [4.69, 9.17) is 0 Å². The number of sulfonamides is 1. The molecule has 5 nitrogen and oxygen atoms in total. The third-order valence-electron chi connectivity index (χ3n) is 3.00. The number of anilines is 2. The highest BCUT2D eigenvalue weighted by Crippen LogP contribution is 2.28. The van der Waals surface area contributed by atoms with Gasteiger partial charge in [-0.15, -0.1) is 0 Å². The summed E-state index contributed by atoms with van der Waals surface area (Å²) in [4.78, 5) is 5.94. The average molecular weight is 309 g/mol. The molecule has 1 heterocycles. The lowest BCUT2D eigenvalue weighted by Gasteiger charge is -2.24. The Labute approximate surface area is 123 Å². The second kappa shape index (κ2) is 5.69. The number of pyridine rings is 1. The van der Waals surface area contributed by atoms with Gasteiger partial charge in [0.15, 0.2) is 5.82 Å². The summed E-state index contributed by atoms with van der Waals surface area (Å²) in [5.41, 5.74) is 0.451. The number of hydrogen-bond acceptors (Lipinski definition) is 4. The summed E-state index contributed by atoms with van der Waals surface area (Å²) in [5.74, 6) is 0.0534. The van der Waals surface area contributed by atoms with Gasteiger partial charge in [-0.05, 0) is 36.4 Å². The van der Waals surface area contributed by atoms with Crippen LogP contribution >= 0.6 is 0 Å². The quantitative estimate of drug-likeness (QED) is 0.868. The van der Waals surface area contributed by atoms with E-state index in [0.717, 1.165) is 16.4 Å². The van der Waals surface area contributed by atoms with E-state index in [1.54, 1.807) is 37.3 Å². The maximum absolute atomic E-state index is 12.9. The van der Waals surface area contributed by atoms with Gasteiger partial charge in [-0.25, -0.2) is 17.8 Å². The van der Waals surface area contributed by atoms with Crippen molar-refractivity contribution >= 4 is 21.5 Å². The number of benzene rings is 1. The zero-order valence-corrected chi connectivity index (χ0v) is 12.8. The van der Waals surface area contributed by atoms with E-state index in [9.17, 15) is 12.8 Å². The fourth-order valence-electron chi connectivity index (χ4n) is 1.87. The molecule has 0 saturated carbocycles. The first-order valence-electron chi connectivity index (χ1n) is 6.21. The van der Waals surface area contributed by atoms with E-state index < -0.39 is 15.8 Å². The minimum atomic E-state index is -3.76. The van der Waals surface area contributed by atoms with Crippen LogP contribution in [0.5, 0.6) is 0 Å². The van der Waals surface area contributed by atoms with E-state index in [1.807, 2.05) is 0 Å². The number of nitrogens with zero attached hydrogens (tertiary/aromatic N) is 3. The Hall–Kier alpha value is -2.15. The molecule has 0 bridgehead atoms. The van der Waals surface area contributed by atoms with E-state index in [2.05, 4.69) is 4.98 Å². The molecule has 0 saturated heterocycles. The minimum Gasteiger partial charge on any atom is -0.361 e. The summed E-state index contributed by atoms with van der Waals surface area (Å²) >= 11 is 0. The van der Waals surface area contributed by atoms with Crippen molar-refractivity contribution in [3.05, 3.63) is 48.4 Å². The first kappa shape index (κ1) is 15.2. The lowest BCUT2D eigenvalue weighted by molar-refractivity contribution is 0.593. The monoisotopic (exact) mass is 309 g/mol. The minimum absolute atomic E-state index is 0.0277. The number of halogens is 1.